The van der Waals surface area contributed by atoms with E-state index >= 15 is 0 Å². The second kappa shape index (κ2) is 6.97. The number of halogens is 2. The molecule has 0 amide bonds. The van der Waals surface area contributed by atoms with Crippen LogP contribution in [0.5, 0.6) is 0 Å². The molecule has 3 fully saturated rings. The Kier molecular flexibility index (Phi) is 5.14. The molecule has 1 aliphatic heterocycles. The number of fused-ring (bicyclic) bond motifs is 1. The van der Waals surface area contributed by atoms with Crippen LogP contribution < -0.4 is 0 Å². The summed E-state index contributed by atoms with van der Waals surface area (Å²) in [4.78, 5) is 35.0. The summed E-state index contributed by atoms with van der Waals surface area (Å²) in [5.74, 6) is -1.96. The van der Waals surface area contributed by atoms with Crippen LogP contribution in [0, 0.1) is 17.8 Å². The molecule has 27 heavy (non-hydrogen) atoms. The molecule has 0 aromatic heterocycles. The summed E-state index contributed by atoms with van der Waals surface area (Å²) in [5, 5.41) is -4.43. The van der Waals surface area contributed by atoms with E-state index in [2.05, 4.69) is 4.74 Å². The number of carbonyl (C=O) groups is 3. The average molecular weight is 412 g/mol. The Hall–Kier alpha value is -1.82. The van der Waals surface area contributed by atoms with Gasteiger partial charge in [0.25, 0.3) is 0 Å². The fraction of sp³-hybridized carbons (Fsp3) is 0.800. The second-order valence-electron chi connectivity index (χ2n) is 6.94. The Morgan fingerprint density at radius 1 is 1.22 bits per heavy atom. The van der Waals surface area contributed by atoms with Gasteiger partial charge in [-0.2, -0.15) is 17.2 Å². The Morgan fingerprint density at radius 2 is 1.89 bits per heavy atom. The van der Waals surface area contributed by atoms with Crippen molar-refractivity contribution in [1.29, 1.82) is 0 Å². The molecule has 3 rings (SSSR count). The van der Waals surface area contributed by atoms with E-state index in [1.807, 2.05) is 0 Å². The fourth-order valence-electron chi connectivity index (χ4n) is 3.96. The third kappa shape index (κ3) is 3.91. The van der Waals surface area contributed by atoms with Crippen LogP contribution in [0.1, 0.15) is 32.1 Å². The molecule has 5 atom stereocenters. The molecule has 0 aromatic rings. The van der Waals surface area contributed by atoms with Crippen LogP contribution >= 0.6 is 0 Å². The highest BCUT2D eigenvalue weighted by Gasteiger charge is 2.63. The van der Waals surface area contributed by atoms with Gasteiger partial charge in [-0.05, 0) is 12.8 Å². The summed E-state index contributed by atoms with van der Waals surface area (Å²) < 4.78 is 70.1. The molecule has 2 aliphatic carbocycles. The number of hydrogen-bond donors (Lipinski definition) is 1. The molecular formula is C15H18F2O9S. The van der Waals surface area contributed by atoms with Crippen molar-refractivity contribution in [3.63, 3.8) is 0 Å². The molecular weight excluding hydrogens is 394 g/mol. The Morgan fingerprint density at radius 3 is 2.56 bits per heavy atom. The van der Waals surface area contributed by atoms with Crippen molar-refractivity contribution >= 4 is 28.0 Å². The average Bonchev–Trinajstić information content (AvgIpc) is 3.16. The van der Waals surface area contributed by atoms with E-state index in [0.717, 1.165) is 6.42 Å². The third-order valence-electron chi connectivity index (χ3n) is 5.25. The van der Waals surface area contributed by atoms with Gasteiger partial charge < -0.3 is 14.2 Å². The summed E-state index contributed by atoms with van der Waals surface area (Å²) in [6, 6.07) is 0. The van der Waals surface area contributed by atoms with Gasteiger partial charge in [-0.15, -0.1) is 0 Å². The molecule has 5 unspecified atom stereocenters. The van der Waals surface area contributed by atoms with Crippen LogP contribution in [0.3, 0.4) is 0 Å². The third-order valence-corrected chi connectivity index (χ3v) is 6.21. The van der Waals surface area contributed by atoms with Gasteiger partial charge in [0.2, 0.25) is 0 Å². The number of alkyl halides is 2. The normalized spacial score (nSPS) is 31.7. The molecule has 12 heteroatoms. The molecule has 9 nitrogen and oxygen atoms in total. The van der Waals surface area contributed by atoms with Gasteiger partial charge in [-0.3, -0.25) is 18.9 Å². The monoisotopic (exact) mass is 412 g/mol. The first-order valence-electron chi connectivity index (χ1n) is 8.40. The maximum Gasteiger partial charge on any atom is 0.373 e. The molecule has 1 saturated heterocycles. The van der Waals surface area contributed by atoms with Gasteiger partial charge in [0, 0.05) is 11.8 Å². The van der Waals surface area contributed by atoms with E-state index in [1.54, 1.807) is 0 Å². The van der Waals surface area contributed by atoms with E-state index in [4.69, 9.17) is 14.0 Å². The zero-order chi connectivity index (χ0) is 20.0. The van der Waals surface area contributed by atoms with Gasteiger partial charge in [0.1, 0.15) is 12.2 Å². The van der Waals surface area contributed by atoms with Crippen molar-refractivity contribution in [1.82, 2.24) is 0 Å². The predicted octanol–water partition coefficient (Wildman–Crippen LogP) is 0.674. The number of hydrogen-bond acceptors (Lipinski definition) is 8. The van der Waals surface area contributed by atoms with Gasteiger partial charge in [0.05, 0.1) is 31.8 Å². The first-order valence-corrected chi connectivity index (χ1v) is 9.84. The smallest absolute Gasteiger partial charge is 0.373 e. The minimum absolute atomic E-state index is 0.0509. The van der Waals surface area contributed by atoms with Crippen molar-refractivity contribution in [3.8, 4) is 0 Å². The first kappa shape index (κ1) is 19.9. The predicted molar refractivity (Wildman–Crippen MR) is 80.8 cm³/mol. The van der Waals surface area contributed by atoms with Crippen molar-refractivity contribution in [3.05, 3.63) is 0 Å². The minimum atomic E-state index is -5.59. The molecule has 152 valence electrons. The topological polar surface area (TPSA) is 133 Å². The van der Waals surface area contributed by atoms with E-state index in [1.165, 1.54) is 0 Å². The molecule has 3 aliphatic rings. The summed E-state index contributed by atoms with van der Waals surface area (Å²) in [6.45, 7) is -0.938. The Bertz CT molecular complexity index is 750. The van der Waals surface area contributed by atoms with E-state index < -0.39 is 59.0 Å². The maximum atomic E-state index is 13.0. The molecule has 1 heterocycles. The lowest BCUT2D eigenvalue weighted by Gasteiger charge is -2.25. The number of carbonyl (C=O) groups excluding carboxylic acids is 3. The zero-order valence-corrected chi connectivity index (χ0v) is 14.8. The van der Waals surface area contributed by atoms with Crippen LogP contribution in [0.25, 0.3) is 0 Å². The van der Waals surface area contributed by atoms with Crippen LogP contribution in [-0.2, 0) is 38.7 Å². The van der Waals surface area contributed by atoms with Gasteiger partial charge in [-0.1, -0.05) is 0 Å². The van der Waals surface area contributed by atoms with Crippen LogP contribution in [0.4, 0.5) is 8.78 Å². The summed E-state index contributed by atoms with van der Waals surface area (Å²) >= 11 is 0. The largest absolute Gasteiger partial charge is 0.465 e. The summed E-state index contributed by atoms with van der Waals surface area (Å²) in [6.07, 6.45) is -1.81. The van der Waals surface area contributed by atoms with E-state index in [0.29, 0.717) is 6.42 Å². The molecule has 0 spiro atoms. The SMILES string of the molecule is O=C(CCC(=O)OC1C2CC3C(=O)OC1C3C2)OCCC(F)(F)S(=O)(=O)O. The van der Waals surface area contributed by atoms with Gasteiger partial charge >= 0.3 is 33.3 Å². The van der Waals surface area contributed by atoms with Crippen LogP contribution in [-0.4, -0.2) is 54.9 Å². The highest BCUT2D eigenvalue weighted by Crippen LogP contribution is 2.55. The molecule has 0 aromatic carbocycles. The van der Waals surface area contributed by atoms with E-state index in [-0.39, 0.29) is 30.1 Å². The molecule has 0 radical (unpaired) electrons. The lowest BCUT2D eigenvalue weighted by Crippen LogP contribution is -2.36. The van der Waals surface area contributed by atoms with Crippen LogP contribution in [0.15, 0.2) is 0 Å². The molecule has 1 N–H and O–H groups in total. The zero-order valence-electron chi connectivity index (χ0n) is 14.0. The lowest BCUT2D eigenvalue weighted by molar-refractivity contribution is -0.163. The van der Waals surface area contributed by atoms with Crippen molar-refractivity contribution in [2.45, 2.75) is 49.6 Å². The number of rotatable bonds is 8. The molecule has 2 saturated carbocycles. The minimum Gasteiger partial charge on any atom is -0.465 e. The Balaban J connectivity index is 1.37. The maximum absolute atomic E-state index is 13.0. The van der Waals surface area contributed by atoms with E-state index in [9.17, 15) is 31.6 Å². The van der Waals surface area contributed by atoms with Crippen molar-refractivity contribution in [2.75, 3.05) is 6.61 Å². The van der Waals surface area contributed by atoms with Crippen molar-refractivity contribution < 1.29 is 50.3 Å². The van der Waals surface area contributed by atoms with Gasteiger partial charge in [0.15, 0.2) is 0 Å². The lowest BCUT2D eigenvalue weighted by atomic mass is 9.88. The first-order chi connectivity index (χ1) is 12.5. The van der Waals surface area contributed by atoms with Crippen LogP contribution in [0.2, 0.25) is 0 Å². The Labute approximate surface area is 153 Å². The second-order valence-corrected chi connectivity index (χ2v) is 8.49. The number of esters is 3. The summed E-state index contributed by atoms with van der Waals surface area (Å²) in [7, 11) is -5.59. The quantitative estimate of drug-likeness (QED) is 0.347. The van der Waals surface area contributed by atoms with Gasteiger partial charge in [-0.25, -0.2) is 0 Å². The highest BCUT2D eigenvalue weighted by molar-refractivity contribution is 7.86. The standard InChI is InChI=1S/C15H18F2O9S/c16-15(17,27(21,22)23)3-4-24-10(18)1-2-11(19)25-12-7-5-8-9(6-7)14(20)26-13(8)12/h7-9,12-13H,1-6H2,(H,21,22,23). The molecule has 2 bridgehead atoms. The van der Waals surface area contributed by atoms with Crippen molar-refractivity contribution in [2.24, 2.45) is 17.8 Å². The number of ether oxygens (including phenoxy) is 3. The summed E-state index contributed by atoms with van der Waals surface area (Å²) in [5.41, 5.74) is 0. The highest BCUT2D eigenvalue weighted by atomic mass is 32.2. The fourth-order valence-corrected chi connectivity index (χ4v) is 4.31.